The molecule has 2 aromatic rings. The van der Waals surface area contributed by atoms with Crippen LogP contribution in [0.5, 0.6) is 0 Å². The Bertz CT molecular complexity index is 575. The molecule has 0 radical (unpaired) electrons. The van der Waals surface area contributed by atoms with E-state index >= 15 is 0 Å². The molecule has 0 bridgehead atoms. The van der Waals surface area contributed by atoms with E-state index in [-0.39, 0.29) is 11.7 Å². The van der Waals surface area contributed by atoms with Gasteiger partial charge in [0, 0.05) is 5.56 Å². The van der Waals surface area contributed by atoms with Gasteiger partial charge in [-0.15, -0.1) is 0 Å². The molecule has 0 amide bonds. The number of Topliss-reactive ketones (excluding diaryl/α,β-unsaturated/α-hetero) is 1. The number of carbonyl (C=O) groups excluding carboxylic acids is 1. The van der Waals surface area contributed by atoms with Crippen molar-refractivity contribution in [3.8, 4) is 0 Å². The molecule has 0 unspecified atom stereocenters. The van der Waals surface area contributed by atoms with Gasteiger partial charge in [0.25, 0.3) is 0 Å². The monoisotopic (exact) mass is 238 g/mol. The molecule has 3 rings (SSSR count). The molecule has 0 saturated heterocycles. The van der Waals surface area contributed by atoms with Gasteiger partial charge in [0.15, 0.2) is 5.78 Å². The van der Waals surface area contributed by atoms with Gasteiger partial charge in [-0.05, 0) is 17.5 Å². The molecule has 1 N–H and O–H groups in total. The zero-order valence-electron chi connectivity index (χ0n) is 9.91. The quantitative estimate of drug-likeness (QED) is 0.817. The Balaban J connectivity index is 1.91. The average Bonchev–Trinajstić information content (AvgIpc) is 2.77. The van der Waals surface area contributed by atoms with Gasteiger partial charge in [-0.1, -0.05) is 54.6 Å². The van der Waals surface area contributed by atoms with Gasteiger partial charge in [-0.3, -0.25) is 4.79 Å². The first kappa shape index (κ1) is 11.2. The number of hydrogen-bond acceptors (Lipinski definition) is 2. The van der Waals surface area contributed by atoms with Gasteiger partial charge in [0.1, 0.15) is 0 Å². The third kappa shape index (κ3) is 1.75. The molecule has 0 heterocycles. The first-order valence-electron chi connectivity index (χ1n) is 6.12. The Hall–Kier alpha value is -1.93. The summed E-state index contributed by atoms with van der Waals surface area (Å²) in [5.74, 6) is -0.316. The van der Waals surface area contributed by atoms with E-state index in [0.717, 1.165) is 11.1 Å². The molecule has 0 aliphatic heterocycles. The van der Waals surface area contributed by atoms with Crippen molar-refractivity contribution in [2.45, 2.75) is 12.5 Å². The van der Waals surface area contributed by atoms with E-state index in [9.17, 15) is 9.90 Å². The summed E-state index contributed by atoms with van der Waals surface area (Å²) in [6.45, 7) is 0. The number of carbonyl (C=O) groups is 1. The van der Waals surface area contributed by atoms with Crippen molar-refractivity contribution in [3.05, 3.63) is 71.3 Å². The topological polar surface area (TPSA) is 37.3 Å². The van der Waals surface area contributed by atoms with Crippen LogP contribution in [-0.2, 0) is 6.42 Å². The van der Waals surface area contributed by atoms with Crippen molar-refractivity contribution in [2.24, 2.45) is 5.92 Å². The molecule has 2 aromatic carbocycles. The maximum atomic E-state index is 12.4. The molecule has 2 atom stereocenters. The maximum Gasteiger partial charge on any atom is 0.169 e. The molecule has 0 spiro atoms. The Morgan fingerprint density at radius 3 is 2.39 bits per heavy atom. The second-order valence-electron chi connectivity index (χ2n) is 4.68. The summed E-state index contributed by atoms with van der Waals surface area (Å²) in [5.41, 5.74) is 2.65. The fourth-order valence-corrected chi connectivity index (χ4v) is 2.63. The van der Waals surface area contributed by atoms with E-state index in [2.05, 4.69) is 0 Å². The van der Waals surface area contributed by atoms with E-state index in [1.165, 1.54) is 0 Å². The minimum absolute atomic E-state index is 0.0271. The first-order chi connectivity index (χ1) is 8.77. The van der Waals surface area contributed by atoms with Crippen LogP contribution in [0.2, 0.25) is 0 Å². The largest absolute Gasteiger partial charge is 0.388 e. The lowest BCUT2D eigenvalue weighted by atomic mass is 9.93. The predicted molar refractivity (Wildman–Crippen MR) is 69.4 cm³/mol. The summed E-state index contributed by atoms with van der Waals surface area (Å²) >= 11 is 0. The lowest BCUT2D eigenvalue weighted by molar-refractivity contribution is 0.0725. The highest BCUT2D eigenvalue weighted by atomic mass is 16.3. The third-order valence-corrected chi connectivity index (χ3v) is 3.59. The highest BCUT2D eigenvalue weighted by molar-refractivity contribution is 5.98. The second kappa shape index (κ2) is 4.39. The van der Waals surface area contributed by atoms with Crippen LogP contribution in [0.15, 0.2) is 54.6 Å². The van der Waals surface area contributed by atoms with Crippen LogP contribution in [0.1, 0.15) is 27.6 Å². The molecule has 0 aromatic heterocycles. The van der Waals surface area contributed by atoms with E-state index < -0.39 is 6.10 Å². The van der Waals surface area contributed by atoms with Crippen LogP contribution < -0.4 is 0 Å². The number of fused-ring (bicyclic) bond motifs is 1. The van der Waals surface area contributed by atoms with Gasteiger partial charge in [-0.25, -0.2) is 0 Å². The molecular formula is C16H14O2. The zero-order valence-corrected chi connectivity index (χ0v) is 9.91. The van der Waals surface area contributed by atoms with E-state index in [4.69, 9.17) is 0 Å². The van der Waals surface area contributed by atoms with Crippen molar-refractivity contribution >= 4 is 5.78 Å². The smallest absolute Gasteiger partial charge is 0.169 e. The Labute approximate surface area is 106 Å². The van der Waals surface area contributed by atoms with Crippen molar-refractivity contribution in [2.75, 3.05) is 0 Å². The minimum Gasteiger partial charge on any atom is -0.388 e. The van der Waals surface area contributed by atoms with Crippen LogP contribution in [0, 0.1) is 5.92 Å². The Kier molecular flexibility index (Phi) is 2.73. The summed E-state index contributed by atoms with van der Waals surface area (Å²) in [6, 6.07) is 16.9. The fourth-order valence-electron chi connectivity index (χ4n) is 2.63. The standard InChI is InChI=1S/C16H14O2/c17-15(11-6-2-1-3-7-11)14-10-12-8-4-5-9-13(12)16(14)18/h1-9,14,16,18H,10H2/t14-,16-/m1/s1. The lowest BCUT2D eigenvalue weighted by Gasteiger charge is -2.13. The van der Waals surface area contributed by atoms with Gasteiger partial charge in [-0.2, -0.15) is 0 Å². The minimum atomic E-state index is -0.672. The normalized spacial score (nSPS) is 21.6. The highest BCUT2D eigenvalue weighted by Crippen LogP contribution is 2.37. The summed E-state index contributed by atoms with van der Waals surface area (Å²) in [4.78, 5) is 12.4. The van der Waals surface area contributed by atoms with Gasteiger partial charge in [0.2, 0.25) is 0 Å². The molecule has 18 heavy (non-hydrogen) atoms. The van der Waals surface area contributed by atoms with Crippen molar-refractivity contribution in [1.29, 1.82) is 0 Å². The first-order valence-corrected chi connectivity index (χ1v) is 6.12. The summed E-state index contributed by atoms with van der Waals surface area (Å²) in [7, 11) is 0. The molecule has 1 aliphatic rings. The Morgan fingerprint density at radius 2 is 1.67 bits per heavy atom. The molecular weight excluding hydrogens is 224 g/mol. The summed E-state index contributed by atoms with van der Waals surface area (Å²) in [6.07, 6.45) is -0.0423. The lowest BCUT2D eigenvalue weighted by Crippen LogP contribution is -2.19. The van der Waals surface area contributed by atoms with Crippen LogP contribution in [-0.4, -0.2) is 10.9 Å². The molecule has 0 fully saturated rings. The Morgan fingerprint density at radius 1 is 1.00 bits per heavy atom. The van der Waals surface area contributed by atoms with E-state index in [0.29, 0.717) is 12.0 Å². The molecule has 90 valence electrons. The van der Waals surface area contributed by atoms with Crippen LogP contribution in [0.25, 0.3) is 0 Å². The third-order valence-electron chi connectivity index (χ3n) is 3.59. The molecule has 2 heteroatoms. The zero-order chi connectivity index (χ0) is 12.5. The summed E-state index contributed by atoms with van der Waals surface area (Å²) < 4.78 is 0. The number of aliphatic hydroxyl groups is 1. The second-order valence-corrected chi connectivity index (χ2v) is 4.68. The van der Waals surface area contributed by atoms with Gasteiger partial charge in [0.05, 0.1) is 12.0 Å². The fraction of sp³-hybridized carbons (Fsp3) is 0.188. The number of benzene rings is 2. The van der Waals surface area contributed by atoms with Crippen LogP contribution in [0.4, 0.5) is 0 Å². The number of ketones is 1. The average molecular weight is 238 g/mol. The molecule has 0 saturated carbocycles. The van der Waals surface area contributed by atoms with Crippen molar-refractivity contribution in [3.63, 3.8) is 0 Å². The van der Waals surface area contributed by atoms with E-state index in [1.807, 2.05) is 42.5 Å². The SMILES string of the molecule is O=C(c1ccccc1)[C@H]1Cc2ccccc2[C@H]1O. The van der Waals surface area contributed by atoms with Crippen LogP contribution >= 0.6 is 0 Å². The number of hydrogen-bond donors (Lipinski definition) is 1. The van der Waals surface area contributed by atoms with Crippen molar-refractivity contribution < 1.29 is 9.90 Å². The number of aliphatic hydroxyl groups excluding tert-OH is 1. The van der Waals surface area contributed by atoms with Gasteiger partial charge >= 0.3 is 0 Å². The molecule has 1 aliphatic carbocycles. The van der Waals surface area contributed by atoms with Gasteiger partial charge < -0.3 is 5.11 Å². The van der Waals surface area contributed by atoms with Crippen LogP contribution in [0.3, 0.4) is 0 Å². The maximum absolute atomic E-state index is 12.4. The van der Waals surface area contributed by atoms with E-state index in [1.54, 1.807) is 12.1 Å². The molecule has 2 nitrogen and oxygen atoms in total. The summed E-state index contributed by atoms with van der Waals surface area (Å²) in [5, 5.41) is 10.3. The highest BCUT2D eigenvalue weighted by Gasteiger charge is 2.35. The number of rotatable bonds is 2. The predicted octanol–water partition coefficient (Wildman–Crippen LogP) is 2.78. The van der Waals surface area contributed by atoms with Crippen molar-refractivity contribution in [1.82, 2.24) is 0 Å².